The van der Waals surface area contributed by atoms with Crippen molar-refractivity contribution in [1.82, 2.24) is 9.97 Å². The average Bonchev–Trinajstić information content (AvgIpc) is 2.51. The third-order valence-corrected chi connectivity index (χ3v) is 3.60. The standard InChI is InChI=1S/C16H22N4O/c1-3-7-13-14(17)18-11-19-15(13)20-16(2,10-21)12-8-5-4-6-9-12/h4-6,8-9,11,21H,3,7,10H2,1-2H3,(H3,17,18,19,20). The third kappa shape index (κ3) is 3.31. The number of nitrogens with zero attached hydrogens (tertiary/aromatic N) is 2. The van der Waals surface area contributed by atoms with Crippen LogP contribution in [0.15, 0.2) is 36.7 Å². The number of hydrogen-bond donors (Lipinski definition) is 3. The van der Waals surface area contributed by atoms with Crippen molar-refractivity contribution in [2.75, 3.05) is 17.7 Å². The fourth-order valence-corrected chi connectivity index (χ4v) is 2.30. The molecular formula is C16H22N4O. The van der Waals surface area contributed by atoms with Gasteiger partial charge in [-0.3, -0.25) is 0 Å². The summed E-state index contributed by atoms with van der Waals surface area (Å²) < 4.78 is 0. The molecule has 1 heterocycles. The minimum absolute atomic E-state index is 0.0491. The van der Waals surface area contributed by atoms with Crippen molar-refractivity contribution < 1.29 is 5.11 Å². The Bertz CT molecular complexity index is 588. The summed E-state index contributed by atoms with van der Waals surface area (Å²) in [5.41, 5.74) is 7.22. The summed E-state index contributed by atoms with van der Waals surface area (Å²) in [6.45, 7) is 3.97. The van der Waals surface area contributed by atoms with Crippen molar-refractivity contribution in [3.8, 4) is 0 Å². The maximum absolute atomic E-state index is 9.85. The molecule has 5 nitrogen and oxygen atoms in total. The molecule has 1 unspecified atom stereocenters. The quantitative estimate of drug-likeness (QED) is 0.759. The van der Waals surface area contributed by atoms with E-state index in [1.54, 1.807) is 0 Å². The maximum atomic E-state index is 9.85. The zero-order valence-electron chi connectivity index (χ0n) is 12.5. The number of nitrogen functional groups attached to an aromatic ring is 1. The highest BCUT2D eigenvalue weighted by atomic mass is 16.3. The minimum atomic E-state index is -0.620. The highest BCUT2D eigenvalue weighted by molar-refractivity contribution is 5.57. The molecule has 0 saturated carbocycles. The van der Waals surface area contributed by atoms with Crippen LogP contribution in [0.4, 0.5) is 11.6 Å². The summed E-state index contributed by atoms with van der Waals surface area (Å²) in [5, 5.41) is 13.2. The largest absolute Gasteiger partial charge is 0.394 e. The van der Waals surface area contributed by atoms with Gasteiger partial charge in [0.15, 0.2) is 0 Å². The Morgan fingerprint density at radius 3 is 2.57 bits per heavy atom. The minimum Gasteiger partial charge on any atom is -0.394 e. The van der Waals surface area contributed by atoms with E-state index >= 15 is 0 Å². The van der Waals surface area contributed by atoms with Crippen LogP contribution in [0, 0.1) is 0 Å². The molecule has 4 N–H and O–H groups in total. The molecule has 2 aromatic rings. The van der Waals surface area contributed by atoms with Crippen LogP contribution in [-0.4, -0.2) is 21.7 Å². The lowest BCUT2D eigenvalue weighted by Gasteiger charge is -2.31. The van der Waals surface area contributed by atoms with E-state index in [1.807, 2.05) is 37.3 Å². The van der Waals surface area contributed by atoms with Crippen LogP contribution in [0.25, 0.3) is 0 Å². The second-order valence-electron chi connectivity index (χ2n) is 5.32. The first-order valence-electron chi connectivity index (χ1n) is 7.14. The Hall–Kier alpha value is -2.14. The normalized spacial score (nSPS) is 13.7. The summed E-state index contributed by atoms with van der Waals surface area (Å²) in [7, 11) is 0. The number of aliphatic hydroxyl groups is 1. The predicted molar refractivity (Wildman–Crippen MR) is 84.9 cm³/mol. The summed E-state index contributed by atoms with van der Waals surface area (Å²) in [5.74, 6) is 1.17. The number of aliphatic hydroxyl groups excluding tert-OH is 1. The van der Waals surface area contributed by atoms with Crippen LogP contribution in [0.1, 0.15) is 31.4 Å². The van der Waals surface area contributed by atoms with Gasteiger partial charge in [-0.25, -0.2) is 9.97 Å². The van der Waals surface area contributed by atoms with Gasteiger partial charge in [-0.1, -0.05) is 43.7 Å². The Kier molecular flexibility index (Phi) is 4.75. The van der Waals surface area contributed by atoms with E-state index in [0.717, 1.165) is 24.0 Å². The zero-order valence-corrected chi connectivity index (χ0v) is 12.5. The van der Waals surface area contributed by atoms with Gasteiger partial charge < -0.3 is 16.2 Å². The molecule has 5 heteroatoms. The Labute approximate surface area is 125 Å². The van der Waals surface area contributed by atoms with Gasteiger partial charge >= 0.3 is 0 Å². The van der Waals surface area contributed by atoms with Crippen molar-refractivity contribution in [2.45, 2.75) is 32.2 Å². The molecule has 0 amide bonds. The zero-order chi connectivity index (χ0) is 15.3. The second-order valence-corrected chi connectivity index (χ2v) is 5.32. The highest BCUT2D eigenvalue weighted by Crippen LogP contribution is 2.28. The highest BCUT2D eigenvalue weighted by Gasteiger charge is 2.27. The van der Waals surface area contributed by atoms with Gasteiger partial charge in [0.25, 0.3) is 0 Å². The third-order valence-electron chi connectivity index (χ3n) is 3.60. The lowest BCUT2D eigenvalue weighted by Crippen LogP contribution is -2.36. The van der Waals surface area contributed by atoms with Crippen molar-refractivity contribution in [3.05, 3.63) is 47.8 Å². The van der Waals surface area contributed by atoms with E-state index in [-0.39, 0.29) is 6.61 Å². The first-order valence-corrected chi connectivity index (χ1v) is 7.14. The van der Waals surface area contributed by atoms with Crippen molar-refractivity contribution in [1.29, 1.82) is 0 Å². The number of hydrogen-bond acceptors (Lipinski definition) is 5. The Morgan fingerprint density at radius 2 is 1.95 bits per heavy atom. The fourth-order valence-electron chi connectivity index (χ4n) is 2.30. The number of rotatable bonds is 6. The van der Waals surface area contributed by atoms with Crippen LogP contribution in [0.2, 0.25) is 0 Å². The van der Waals surface area contributed by atoms with Crippen LogP contribution >= 0.6 is 0 Å². The van der Waals surface area contributed by atoms with Gasteiger partial charge in [-0.2, -0.15) is 0 Å². The van der Waals surface area contributed by atoms with E-state index in [4.69, 9.17) is 5.73 Å². The lowest BCUT2D eigenvalue weighted by atomic mass is 9.92. The van der Waals surface area contributed by atoms with Gasteiger partial charge in [-0.05, 0) is 18.9 Å². The summed E-state index contributed by atoms with van der Waals surface area (Å²) in [6, 6.07) is 9.81. The molecular weight excluding hydrogens is 264 g/mol. The Morgan fingerprint density at radius 1 is 1.24 bits per heavy atom. The molecule has 1 atom stereocenters. The van der Waals surface area contributed by atoms with E-state index in [0.29, 0.717) is 11.6 Å². The molecule has 112 valence electrons. The van der Waals surface area contributed by atoms with Crippen molar-refractivity contribution in [3.63, 3.8) is 0 Å². The molecule has 0 spiro atoms. The van der Waals surface area contributed by atoms with Crippen LogP contribution in [-0.2, 0) is 12.0 Å². The summed E-state index contributed by atoms with van der Waals surface area (Å²) >= 11 is 0. The predicted octanol–water partition coefficient (Wildman–Crippen LogP) is 2.33. The monoisotopic (exact) mass is 286 g/mol. The van der Waals surface area contributed by atoms with Gasteiger partial charge in [0, 0.05) is 5.56 Å². The number of benzene rings is 1. The molecule has 1 aromatic carbocycles. The number of nitrogens with two attached hydrogens (primary N) is 1. The average molecular weight is 286 g/mol. The van der Waals surface area contributed by atoms with Crippen LogP contribution in [0.5, 0.6) is 0 Å². The fraction of sp³-hybridized carbons (Fsp3) is 0.375. The van der Waals surface area contributed by atoms with Crippen molar-refractivity contribution in [2.24, 2.45) is 0 Å². The topological polar surface area (TPSA) is 84.1 Å². The second kappa shape index (κ2) is 6.54. The van der Waals surface area contributed by atoms with Crippen LogP contribution < -0.4 is 11.1 Å². The smallest absolute Gasteiger partial charge is 0.135 e. The van der Waals surface area contributed by atoms with Gasteiger partial charge in [0.05, 0.1) is 12.1 Å². The molecule has 0 aliphatic carbocycles. The van der Waals surface area contributed by atoms with Gasteiger partial charge in [-0.15, -0.1) is 0 Å². The van der Waals surface area contributed by atoms with E-state index in [9.17, 15) is 5.11 Å². The summed E-state index contributed by atoms with van der Waals surface area (Å²) in [6.07, 6.45) is 3.19. The van der Waals surface area contributed by atoms with E-state index < -0.39 is 5.54 Å². The lowest BCUT2D eigenvalue weighted by molar-refractivity contribution is 0.223. The van der Waals surface area contributed by atoms with Gasteiger partial charge in [0.1, 0.15) is 18.0 Å². The summed E-state index contributed by atoms with van der Waals surface area (Å²) in [4.78, 5) is 8.35. The first kappa shape index (κ1) is 15.3. The number of nitrogens with one attached hydrogen (secondary N) is 1. The number of aromatic nitrogens is 2. The molecule has 0 saturated heterocycles. The van der Waals surface area contributed by atoms with E-state index in [1.165, 1.54) is 6.33 Å². The molecule has 1 aromatic heterocycles. The SMILES string of the molecule is CCCc1c(N)ncnc1NC(C)(CO)c1ccccc1. The first-order chi connectivity index (χ1) is 10.1. The molecule has 0 bridgehead atoms. The molecule has 0 aliphatic heterocycles. The molecule has 0 radical (unpaired) electrons. The number of anilines is 2. The maximum Gasteiger partial charge on any atom is 0.135 e. The molecule has 0 aliphatic rings. The Balaban J connectivity index is 2.37. The van der Waals surface area contributed by atoms with Crippen molar-refractivity contribution >= 4 is 11.6 Å². The van der Waals surface area contributed by atoms with E-state index in [2.05, 4.69) is 22.2 Å². The molecule has 0 fully saturated rings. The molecule has 2 rings (SSSR count). The van der Waals surface area contributed by atoms with Gasteiger partial charge in [0.2, 0.25) is 0 Å². The van der Waals surface area contributed by atoms with Crippen LogP contribution in [0.3, 0.4) is 0 Å². The molecule has 21 heavy (non-hydrogen) atoms.